The molecule has 0 aliphatic rings. The quantitative estimate of drug-likeness (QED) is 0.572. The number of nitrogens with one attached hydrogen (secondary N) is 1. The van der Waals surface area contributed by atoms with Crippen molar-refractivity contribution in [3.63, 3.8) is 0 Å². The molecule has 3 rings (SSSR count). The summed E-state index contributed by atoms with van der Waals surface area (Å²) in [7, 11) is 0. The molecule has 6 nitrogen and oxygen atoms in total. The van der Waals surface area contributed by atoms with E-state index in [1.807, 2.05) is 6.26 Å². The molecular weight excluding hydrogens is 296 g/mol. The molecule has 8 heteroatoms. The van der Waals surface area contributed by atoms with Gasteiger partial charge in [0.2, 0.25) is 21.1 Å². The van der Waals surface area contributed by atoms with Crippen LogP contribution in [0.2, 0.25) is 0 Å². The van der Waals surface area contributed by atoms with Crippen molar-refractivity contribution in [3.05, 3.63) is 50.1 Å². The average Bonchev–Trinajstić information content (AvgIpc) is 3.03. The fourth-order valence-corrected chi connectivity index (χ4v) is 2.85. The lowest BCUT2D eigenvalue weighted by Crippen LogP contribution is -2.32. The van der Waals surface area contributed by atoms with Crippen molar-refractivity contribution in [2.24, 2.45) is 5.10 Å². The van der Waals surface area contributed by atoms with E-state index in [-0.39, 0.29) is 16.2 Å². The minimum absolute atomic E-state index is 0.118. The molecule has 2 aromatic carbocycles. The van der Waals surface area contributed by atoms with Crippen LogP contribution in [0.25, 0.3) is 10.8 Å². The summed E-state index contributed by atoms with van der Waals surface area (Å²) < 4.78 is 4.05. The molecule has 0 atom stereocenters. The van der Waals surface area contributed by atoms with E-state index >= 15 is 0 Å². The number of rotatable bonds is 3. The minimum Gasteiger partial charge on any atom is -0.287 e. The summed E-state index contributed by atoms with van der Waals surface area (Å²) in [5.74, 6) is 0. The Kier molecular flexibility index (Phi) is 3.33. The van der Waals surface area contributed by atoms with Crippen LogP contribution in [0.5, 0.6) is 0 Å². The van der Waals surface area contributed by atoms with Gasteiger partial charge in [-0.25, -0.2) is 0 Å². The van der Waals surface area contributed by atoms with Gasteiger partial charge >= 0.3 is 0 Å². The van der Waals surface area contributed by atoms with Gasteiger partial charge in [0, 0.05) is 22.3 Å². The molecule has 1 aromatic heterocycles. The van der Waals surface area contributed by atoms with Crippen molar-refractivity contribution >= 4 is 39.2 Å². The van der Waals surface area contributed by atoms with E-state index < -0.39 is 0 Å². The number of hydrogen-bond donors (Lipinski definition) is 1. The van der Waals surface area contributed by atoms with E-state index in [2.05, 4.69) is 19.9 Å². The highest BCUT2D eigenvalue weighted by Crippen LogP contribution is 2.17. The van der Waals surface area contributed by atoms with Crippen LogP contribution < -0.4 is 21.6 Å². The molecular formula is C12H8N4O2S2. The molecule has 0 saturated heterocycles. The lowest BCUT2D eigenvalue weighted by atomic mass is 10.2. The summed E-state index contributed by atoms with van der Waals surface area (Å²) in [6, 6.07) is 6.68. The molecule has 100 valence electrons. The first-order valence-corrected chi connectivity index (χ1v) is 7.60. The Balaban J connectivity index is 2.08. The molecule has 0 aliphatic carbocycles. The average molecular weight is 304 g/mol. The highest BCUT2D eigenvalue weighted by atomic mass is 32.2. The van der Waals surface area contributed by atoms with Crippen molar-refractivity contribution in [2.45, 2.75) is 5.16 Å². The van der Waals surface area contributed by atoms with Gasteiger partial charge in [-0.1, -0.05) is 36.0 Å². The van der Waals surface area contributed by atoms with Crippen LogP contribution in [-0.2, 0) is 0 Å². The van der Waals surface area contributed by atoms with E-state index in [0.717, 1.165) is 11.5 Å². The molecule has 0 aliphatic heterocycles. The second kappa shape index (κ2) is 5.14. The monoisotopic (exact) mass is 304 g/mol. The van der Waals surface area contributed by atoms with E-state index in [9.17, 15) is 9.59 Å². The maximum atomic E-state index is 12.1. The van der Waals surface area contributed by atoms with Crippen molar-refractivity contribution in [1.29, 1.82) is 0 Å². The molecule has 0 amide bonds. The topological polar surface area (TPSA) is 84.3 Å². The van der Waals surface area contributed by atoms with Gasteiger partial charge in [-0.05, 0) is 6.26 Å². The highest BCUT2D eigenvalue weighted by molar-refractivity contribution is 7.98. The third kappa shape index (κ3) is 2.12. The summed E-state index contributed by atoms with van der Waals surface area (Å²) >= 11 is 2.53. The van der Waals surface area contributed by atoms with Gasteiger partial charge < -0.3 is 0 Å². The zero-order valence-electron chi connectivity index (χ0n) is 10.3. The summed E-state index contributed by atoms with van der Waals surface area (Å²) in [5.41, 5.74) is 1.88. The molecule has 0 unspecified atom stereocenters. The Bertz CT molecular complexity index is 875. The third-order valence-electron chi connectivity index (χ3n) is 2.70. The van der Waals surface area contributed by atoms with Gasteiger partial charge in [0.1, 0.15) is 0 Å². The van der Waals surface area contributed by atoms with Crippen molar-refractivity contribution in [2.75, 3.05) is 11.7 Å². The van der Waals surface area contributed by atoms with Gasteiger partial charge in [0.05, 0.1) is 0 Å². The lowest BCUT2D eigenvalue weighted by Gasteiger charge is -1.88. The zero-order valence-corrected chi connectivity index (χ0v) is 11.9. The number of hydrogen-bond acceptors (Lipinski definition) is 8. The number of nitrogens with zero attached hydrogens (tertiary/aromatic N) is 3. The highest BCUT2D eigenvalue weighted by Gasteiger charge is 2.10. The number of fused-ring (bicyclic) bond motifs is 1. The second-order valence-corrected chi connectivity index (χ2v) is 5.39. The molecule has 0 saturated carbocycles. The molecule has 0 fully saturated rings. The standard InChI is InChI=1S/C12H8N4O2S2/c1-19-12-13-11(20-16-12)15-14-8-9(17)6-4-2-3-5-7(6)10(8)18/h2-5H,1H3,(H,13,15,16). The minimum atomic E-state index is -0.368. The Labute approximate surface area is 121 Å². The largest absolute Gasteiger partial charge is 0.287 e. The van der Waals surface area contributed by atoms with Crippen LogP contribution in [0.1, 0.15) is 0 Å². The van der Waals surface area contributed by atoms with Crippen LogP contribution in [0, 0.1) is 0 Å². The third-order valence-corrected chi connectivity index (χ3v) is 3.98. The van der Waals surface area contributed by atoms with Crippen LogP contribution >= 0.6 is 23.3 Å². The fourth-order valence-electron chi connectivity index (χ4n) is 1.78. The van der Waals surface area contributed by atoms with Gasteiger partial charge in [-0.3, -0.25) is 15.0 Å². The van der Waals surface area contributed by atoms with Crippen molar-refractivity contribution < 1.29 is 0 Å². The molecule has 20 heavy (non-hydrogen) atoms. The summed E-state index contributed by atoms with van der Waals surface area (Å²) in [4.78, 5) is 28.2. The van der Waals surface area contributed by atoms with E-state index in [4.69, 9.17) is 0 Å². The Morgan fingerprint density at radius 3 is 2.40 bits per heavy atom. The number of benzene rings is 1. The first-order chi connectivity index (χ1) is 9.70. The lowest BCUT2D eigenvalue weighted by molar-refractivity contribution is 1.06. The number of aromatic nitrogens is 2. The molecule has 3 aromatic rings. The smallest absolute Gasteiger partial charge is 0.223 e. The number of thioether (sulfide) groups is 1. The molecule has 0 bridgehead atoms. The fraction of sp³-hybridized carbons (Fsp3) is 0.0833. The maximum absolute atomic E-state index is 12.1. The SMILES string of the molecule is CSc1nsc(NN=c2c(=O)c3ccccc3c2=O)n1. The predicted octanol–water partition coefficient (Wildman–Crippen LogP) is 0.937. The normalized spacial score (nSPS) is 10.8. The van der Waals surface area contributed by atoms with Crippen LogP contribution in [0.15, 0.2) is 44.1 Å². The summed E-state index contributed by atoms with van der Waals surface area (Å²) in [6.07, 6.45) is 1.86. The van der Waals surface area contributed by atoms with E-state index in [0.29, 0.717) is 21.1 Å². The van der Waals surface area contributed by atoms with Gasteiger partial charge in [0.25, 0.3) is 0 Å². The van der Waals surface area contributed by atoms with E-state index in [1.54, 1.807) is 24.3 Å². The first kappa shape index (κ1) is 12.9. The van der Waals surface area contributed by atoms with Crippen LogP contribution in [0.3, 0.4) is 0 Å². The molecule has 0 spiro atoms. The molecule has 0 radical (unpaired) electrons. The van der Waals surface area contributed by atoms with Crippen LogP contribution in [-0.4, -0.2) is 15.6 Å². The van der Waals surface area contributed by atoms with Crippen LogP contribution in [0.4, 0.5) is 5.13 Å². The Morgan fingerprint density at radius 2 is 1.85 bits per heavy atom. The Hall–Kier alpha value is -2.06. The van der Waals surface area contributed by atoms with E-state index in [1.165, 1.54) is 11.8 Å². The van der Waals surface area contributed by atoms with Gasteiger partial charge in [0.15, 0.2) is 5.36 Å². The summed E-state index contributed by atoms with van der Waals surface area (Å²) in [6.45, 7) is 0. The van der Waals surface area contributed by atoms with Crippen molar-refractivity contribution in [3.8, 4) is 0 Å². The second-order valence-electron chi connectivity index (χ2n) is 3.86. The zero-order chi connectivity index (χ0) is 14.1. The molecule has 1 N–H and O–H groups in total. The first-order valence-electron chi connectivity index (χ1n) is 5.60. The molecule has 1 heterocycles. The summed E-state index contributed by atoms with van der Waals surface area (Å²) in [5, 5.41) is 5.60. The van der Waals surface area contributed by atoms with Gasteiger partial charge in [-0.2, -0.15) is 14.5 Å². The predicted molar refractivity (Wildman–Crippen MR) is 79.7 cm³/mol. The van der Waals surface area contributed by atoms with Gasteiger partial charge in [-0.15, -0.1) is 0 Å². The maximum Gasteiger partial charge on any atom is 0.223 e. The number of anilines is 1. The Morgan fingerprint density at radius 1 is 1.20 bits per heavy atom. The van der Waals surface area contributed by atoms with Crippen molar-refractivity contribution in [1.82, 2.24) is 9.36 Å².